The molecule has 32 heavy (non-hydrogen) atoms. The summed E-state index contributed by atoms with van der Waals surface area (Å²) >= 11 is 6.86. The van der Waals surface area contributed by atoms with Crippen LogP contribution in [0.1, 0.15) is 34.6 Å². The lowest BCUT2D eigenvalue weighted by Crippen LogP contribution is -2.29. The van der Waals surface area contributed by atoms with Crippen molar-refractivity contribution in [3.63, 3.8) is 0 Å². The second kappa shape index (κ2) is 8.22. The van der Waals surface area contributed by atoms with Gasteiger partial charge in [-0.2, -0.15) is 0 Å². The highest BCUT2D eigenvalue weighted by atomic mass is 79.9. The SMILES string of the molecule is CCOc1ccc(C2c3c(oc4ccc(Br)cc4c3=O)C(=O)N2c2ccc(Br)cc2)cc1. The summed E-state index contributed by atoms with van der Waals surface area (Å²) < 4.78 is 13.2. The van der Waals surface area contributed by atoms with Crippen LogP contribution in [-0.4, -0.2) is 12.5 Å². The van der Waals surface area contributed by atoms with E-state index in [0.29, 0.717) is 28.8 Å². The zero-order valence-corrected chi connectivity index (χ0v) is 20.1. The van der Waals surface area contributed by atoms with Gasteiger partial charge in [-0.3, -0.25) is 14.5 Å². The lowest BCUT2D eigenvalue weighted by atomic mass is 9.98. The Balaban J connectivity index is 1.76. The normalized spacial score (nSPS) is 15.3. The van der Waals surface area contributed by atoms with Crippen LogP contribution < -0.4 is 15.1 Å². The van der Waals surface area contributed by atoms with Crippen molar-refractivity contribution in [2.45, 2.75) is 13.0 Å². The summed E-state index contributed by atoms with van der Waals surface area (Å²) in [6.07, 6.45) is 0. The molecule has 1 amide bonds. The maximum Gasteiger partial charge on any atom is 0.295 e. The summed E-state index contributed by atoms with van der Waals surface area (Å²) in [5.41, 5.74) is 1.98. The first-order chi connectivity index (χ1) is 15.5. The Labute approximate surface area is 200 Å². The molecule has 1 aliphatic rings. The number of rotatable bonds is 4. The Hall–Kier alpha value is -2.90. The molecule has 0 bridgehead atoms. The van der Waals surface area contributed by atoms with Crippen molar-refractivity contribution in [3.8, 4) is 5.75 Å². The number of amides is 1. The van der Waals surface area contributed by atoms with Gasteiger partial charge in [0.2, 0.25) is 5.76 Å². The lowest BCUT2D eigenvalue weighted by molar-refractivity contribution is 0.0971. The van der Waals surface area contributed by atoms with Crippen LogP contribution in [0.2, 0.25) is 0 Å². The third kappa shape index (κ3) is 3.45. The highest BCUT2D eigenvalue weighted by molar-refractivity contribution is 9.10. The van der Waals surface area contributed by atoms with Gasteiger partial charge in [-0.1, -0.05) is 44.0 Å². The van der Waals surface area contributed by atoms with E-state index in [0.717, 1.165) is 20.3 Å². The van der Waals surface area contributed by atoms with Crippen molar-refractivity contribution in [3.05, 3.63) is 103 Å². The van der Waals surface area contributed by atoms with Gasteiger partial charge in [0.25, 0.3) is 5.91 Å². The highest BCUT2D eigenvalue weighted by Crippen LogP contribution is 2.42. The van der Waals surface area contributed by atoms with Crippen LogP contribution >= 0.6 is 31.9 Å². The number of halogens is 2. The number of hydrogen-bond acceptors (Lipinski definition) is 4. The molecule has 4 aromatic rings. The molecule has 160 valence electrons. The smallest absolute Gasteiger partial charge is 0.295 e. The van der Waals surface area contributed by atoms with Gasteiger partial charge in [-0.15, -0.1) is 0 Å². The molecule has 5 rings (SSSR count). The monoisotopic (exact) mass is 553 g/mol. The molecule has 1 aliphatic heterocycles. The second-order valence-corrected chi connectivity index (χ2v) is 9.20. The number of hydrogen-bond donors (Lipinski definition) is 0. The average molecular weight is 555 g/mol. The molecule has 0 aliphatic carbocycles. The van der Waals surface area contributed by atoms with Crippen molar-refractivity contribution in [1.82, 2.24) is 0 Å². The quantitative estimate of drug-likeness (QED) is 0.290. The first-order valence-electron chi connectivity index (χ1n) is 10.1. The average Bonchev–Trinajstić information content (AvgIpc) is 3.08. The third-order valence-corrected chi connectivity index (χ3v) is 6.47. The van der Waals surface area contributed by atoms with Gasteiger partial charge in [0.15, 0.2) is 5.43 Å². The molecule has 0 N–H and O–H groups in total. The van der Waals surface area contributed by atoms with Crippen molar-refractivity contribution >= 4 is 54.4 Å². The Morgan fingerprint density at radius 2 is 1.62 bits per heavy atom. The van der Waals surface area contributed by atoms with Gasteiger partial charge in [0, 0.05) is 14.6 Å². The Morgan fingerprint density at radius 3 is 2.31 bits per heavy atom. The number of fused-ring (bicyclic) bond motifs is 2. The van der Waals surface area contributed by atoms with Crippen LogP contribution in [0.3, 0.4) is 0 Å². The molecule has 1 aromatic heterocycles. The van der Waals surface area contributed by atoms with Crippen molar-refractivity contribution in [2.75, 3.05) is 11.5 Å². The fourth-order valence-electron chi connectivity index (χ4n) is 4.04. The van der Waals surface area contributed by atoms with Crippen LogP contribution in [0.15, 0.2) is 84.9 Å². The van der Waals surface area contributed by atoms with Crippen LogP contribution in [0.5, 0.6) is 5.75 Å². The molecule has 0 saturated heterocycles. The third-order valence-electron chi connectivity index (χ3n) is 5.44. The molecule has 1 atom stereocenters. The summed E-state index contributed by atoms with van der Waals surface area (Å²) in [6, 6.07) is 19.5. The summed E-state index contributed by atoms with van der Waals surface area (Å²) in [7, 11) is 0. The zero-order chi connectivity index (χ0) is 22.4. The van der Waals surface area contributed by atoms with Crippen LogP contribution in [-0.2, 0) is 0 Å². The number of benzene rings is 3. The van der Waals surface area contributed by atoms with E-state index in [-0.39, 0.29) is 17.1 Å². The molecule has 7 heteroatoms. The van der Waals surface area contributed by atoms with Gasteiger partial charge in [0.05, 0.1) is 23.6 Å². The first kappa shape index (κ1) is 21.0. The Bertz CT molecular complexity index is 1390. The summed E-state index contributed by atoms with van der Waals surface area (Å²) in [5.74, 6) is 0.459. The van der Waals surface area contributed by atoms with Gasteiger partial charge in [0.1, 0.15) is 11.3 Å². The Morgan fingerprint density at radius 1 is 0.938 bits per heavy atom. The van der Waals surface area contributed by atoms with E-state index in [9.17, 15) is 9.59 Å². The molecule has 1 unspecified atom stereocenters. The van der Waals surface area contributed by atoms with Crippen LogP contribution in [0, 0.1) is 0 Å². The number of carbonyl (C=O) groups excluding carboxylic acids is 1. The van der Waals surface area contributed by atoms with Crippen LogP contribution in [0.25, 0.3) is 11.0 Å². The minimum Gasteiger partial charge on any atom is -0.494 e. The highest BCUT2D eigenvalue weighted by Gasteiger charge is 2.43. The van der Waals surface area contributed by atoms with E-state index < -0.39 is 6.04 Å². The second-order valence-electron chi connectivity index (χ2n) is 7.37. The first-order valence-corrected chi connectivity index (χ1v) is 11.6. The maximum atomic E-state index is 13.6. The molecule has 0 fully saturated rings. The molecular weight excluding hydrogens is 538 g/mol. The largest absolute Gasteiger partial charge is 0.494 e. The Kier molecular flexibility index (Phi) is 5.39. The molecule has 0 radical (unpaired) electrons. The molecule has 2 heterocycles. The minimum absolute atomic E-state index is 0.0756. The van der Waals surface area contributed by atoms with Gasteiger partial charge >= 0.3 is 0 Å². The molecule has 0 saturated carbocycles. The number of carbonyl (C=O) groups is 1. The van der Waals surface area contributed by atoms with Gasteiger partial charge in [-0.05, 0) is 67.1 Å². The molecule has 5 nitrogen and oxygen atoms in total. The van der Waals surface area contributed by atoms with E-state index >= 15 is 0 Å². The zero-order valence-electron chi connectivity index (χ0n) is 17.0. The van der Waals surface area contributed by atoms with E-state index in [4.69, 9.17) is 9.15 Å². The summed E-state index contributed by atoms with van der Waals surface area (Å²) in [6.45, 7) is 2.48. The van der Waals surface area contributed by atoms with Crippen molar-refractivity contribution < 1.29 is 13.9 Å². The fourth-order valence-corrected chi connectivity index (χ4v) is 4.67. The van der Waals surface area contributed by atoms with Gasteiger partial charge in [-0.25, -0.2) is 0 Å². The number of nitrogens with zero attached hydrogens (tertiary/aromatic N) is 1. The van der Waals surface area contributed by atoms with E-state index in [1.807, 2.05) is 55.5 Å². The predicted octanol–water partition coefficient (Wildman–Crippen LogP) is 6.47. The van der Waals surface area contributed by atoms with Crippen molar-refractivity contribution in [1.29, 1.82) is 0 Å². The van der Waals surface area contributed by atoms with E-state index in [1.165, 1.54) is 0 Å². The number of ether oxygens (including phenoxy) is 1. The van der Waals surface area contributed by atoms with E-state index in [2.05, 4.69) is 31.9 Å². The van der Waals surface area contributed by atoms with E-state index in [1.54, 1.807) is 23.1 Å². The maximum absolute atomic E-state index is 13.6. The standard InChI is InChI=1S/C25H17Br2NO4/c1-2-31-18-10-3-14(4-11-18)22-21-23(29)19-13-16(27)7-12-20(19)32-24(21)25(30)28(22)17-8-5-15(26)6-9-17/h3-13,22H,2H2,1H3. The van der Waals surface area contributed by atoms with Crippen molar-refractivity contribution in [2.24, 2.45) is 0 Å². The molecule has 0 spiro atoms. The van der Waals surface area contributed by atoms with Crippen LogP contribution in [0.4, 0.5) is 5.69 Å². The molecule has 3 aromatic carbocycles. The minimum atomic E-state index is -0.617. The summed E-state index contributed by atoms with van der Waals surface area (Å²) in [4.78, 5) is 28.8. The molecular formula is C25H17Br2NO4. The predicted molar refractivity (Wildman–Crippen MR) is 131 cm³/mol. The number of anilines is 1. The van der Waals surface area contributed by atoms with Gasteiger partial charge < -0.3 is 9.15 Å². The summed E-state index contributed by atoms with van der Waals surface area (Å²) in [5, 5.41) is 0.430. The lowest BCUT2D eigenvalue weighted by Gasteiger charge is -2.25. The topological polar surface area (TPSA) is 59.8 Å². The fraction of sp³-hybridized carbons (Fsp3) is 0.120.